The third-order valence-electron chi connectivity index (χ3n) is 4.93. The molecule has 2 aromatic heterocycles. The molecule has 0 unspecified atom stereocenters. The molecule has 0 radical (unpaired) electrons. The van der Waals surface area contributed by atoms with Crippen molar-refractivity contribution in [3.63, 3.8) is 0 Å². The Morgan fingerprint density at radius 2 is 1.92 bits per heavy atom. The first kappa shape index (κ1) is 15.0. The van der Waals surface area contributed by atoms with E-state index < -0.39 is 11.2 Å². The predicted octanol–water partition coefficient (Wildman–Crippen LogP) is 1.81. The zero-order valence-electron chi connectivity index (χ0n) is 13.1. The average molecular weight is 371 g/mol. The molecule has 1 saturated heterocycles. The number of thiazole rings is 1. The van der Waals surface area contributed by atoms with Crippen LogP contribution in [0.3, 0.4) is 0 Å². The maximum atomic E-state index is 12.5. The number of nitrogens with one attached hydrogen (secondary N) is 2. The van der Waals surface area contributed by atoms with Crippen LogP contribution in [0.4, 0.5) is 0 Å². The van der Waals surface area contributed by atoms with Crippen LogP contribution in [-0.4, -0.2) is 26.6 Å². The number of thioether (sulfide) groups is 1. The molecule has 6 nitrogen and oxygen atoms in total. The molecule has 8 heteroatoms. The van der Waals surface area contributed by atoms with Crippen molar-refractivity contribution in [3.05, 3.63) is 50.6 Å². The van der Waals surface area contributed by atoms with Crippen molar-refractivity contribution < 1.29 is 9.59 Å². The number of H-pyrrole nitrogens is 1. The zero-order valence-corrected chi connectivity index (χ0v) is 14.7. The van der Waals surface area contributed by atoms with Gasteiger partial charge in [-0.1, -0.05) is 41.3 Å². The molecule has 0 bridgehead atoms. The number of carbonyl (C=O) groups excluding carboxylic acids is 2. The lowest BCUT2D eigenvalue weighted by atomic mass is 9.83. The van der Waals surface area contributed by atoms with Gasteiger partial charge >= 0.3 is 4.87 Å². The molecule has 2 aliphatic heterocycles. The molecule has 3 aromatic rings. The van der Waals surface area contributed by atoms with Crippen molar-refractivity contribution >= 4 is 45.8 Å². The summed E-state index contributed by atoms with van der Waals surface area (Å²) in [5.41, 5.74) is 2.04. The van der Waals surface area contributed by atoms with Gasteiger partial charge in [-0.25, -0.2) is 0 Å². The first-order valence-electron chi connectivity index (χ1n) is 7.83. The number of aromatic amines is 1. The molecular weight excluding hydrogens is 358 g/mol. The Morgan fingerprint density at radius 1 is 1.12 bits per heavy atom. The number of hydrogen-bond acceptors (Lipinski definition) is 5. The maximum Gasteiger partial charge on any atom is 0.305 e. The van der Waals surface area contributed by atoms with Crippen LogP contribution in [0, 0.1) is 5.92 Å². The topological polar surface area (TPSA) is 84.0 Å². The Labute approximate surface area is 150 Å². The number of rotatable bonds is 1. The molecule has 2 aliphatic rings. The Bertz CT molecular complexity index is 1110. The number of amides is 2. The number of aryl methyl sites for hydroxylation is 1. The minimum atomic E-state index is -0.505. The maximum absolute atomic E-state index is 12.5. The fourth-order valence-corrected chi connectivity index (χ4v) is 6.37. The van der Waals surface area contributed by atoms with E-state index in [1.165, 1.54) is 11.8 Å². The number of fused-ring (bicyclic) bond motifs is 3. The minimum Gasteiger partial charge on any atom is -0.350 e. The number of para-hydroxylation sites is 1. The van der Waals surface area contributed by atoms with Gasteiger partial charge in [-0.05, 0) is 11.6 Å². The minimum absolute atomic E-state index is 0.157. The van der Waals surface area contributed by atoms with Crippen molar-refractivity contribution in [2.45, 2.75) is 16.2 Å². The van der Waals surface area contributed by atoms with Crippen LogP contribution in [0.1, 0.15) is 16.4 Å². The number of hydrogen-bond donors (Lipinski definition) is 2. The van der Waals surface area contributed by atoms with Crippen molar-refractivity contribution in [1.29, 1.82) is 0 Å². The zero-order chi connectivity index (χ0) is 17.3. The summed E-state index contributed by atoms with van der Waals surface area (Å²) in [4.78, 5) is 40.2. The van der Waals surface area contributed by atoms with Crippen molar-refractivity contribution in [2.75, 3.05) is 0 Å². The van der Waals surface area contributed by atoms with Crippen molar-refractivity contribution in [3.8, 4) is 0 Å². The summed E-state index contributed by atoms with van der Waals surface area (Å²) >= 11 is 2.42. The highest BCUT2D eigenvalue weighted by atomic mass is 32.2. The summed E-state index contributed by atoms with van der Waals surface area (Å²) in [5.74, 6) is -1.33. The van der Waals surface area contributed by atoms with E-state index in [0.717, 1.165) is 32.7 Å². The molecule has 0 aliphatic carbocycles. The molecule has 4 heterocycles. The summed E-state index contributed by atoms with van der Waals surface area (Å²) in [6.07, 6.45) is 2.01. The fourth-order valence-electron chi connectivity index (χ4n) is 3.89. The normalized spacial score (nSPS) is 25.1. The Morgan fingerprint density at radius 3 is 2.76 bits per heavy atom. The van der Waals surface area contributed by atoms with Crippen LogP contribution in [0.15, 0.2) is 40.3 Å². The smallest absolute Gasteiger partial charge is 0.305 e. The van der Waals surface area contributed by atoms with Crippen molar-refractivity contribution in [2.24, 2.45) is 13.0 Å². The van der Waals surface area contributed by atoms with Gasteiger partial charge in [0.1, 0.15) is 5.25 Å². The largest absolute Gasteiger partial charge is 0.350 e. The molecule has 5 rings (SSSR count). The van der Waals surface area contributed by atoms with E-state index in [-0.39, 0.29) is 22.6 Å². The fraction of sp³-hybridized carbons (Fsp3) is 0.235. The van der Waals surface area contributed by atoms with E-state index in [2.05, 4.69) is 10.3 Å². The molecule has 25 heavy (non-hydrogen) atoms. The van der Waals surface area contributed by atoms with Gasteiger partial charge in [0.2, 0.25) is 11.8 Å². The van der Waals surface area contributed by atoms with E-state index in [4.69, 9.17) is 0 Å². The number of aromatic nitrogens is 2. The second kappa shape index (κ2) is 5.09. The molecule has 0 spiro atoms. The number of carbonyl (C=O) groups is 2. The second-order valence-corrected chi connectivity index (χ2v) is 8.48. The predicted molar refractivity (Wildman–Crippen MR) is 96.0 cm³/mol. The number of benzene rings is 1. The molecule has 126 valence electrons. The monoisotopic (exact) mass is 371 g/mol. The standard InChI is InChI=1S/C17H13N3O3S2/c1-20-6-8(7-4-2-3-5-9(7)20)10-11-12(15(22)18-14(11)21)24-16-13(10)25-17(23)19-16/h2-6,10-12H,1H3,(H,19,23)(H,18,21,22)/t10-,11+,12-/m0/s1. The molecule has 2 amide bonds. The Hall–Kier alpha value is -2.32. The Balaban J connectivity index is 1.81. The van der Waals surface area contributed by atoms with Crippen LogP contribution in [-0.2, 0) is 16.6 Å². The SMILES string of the molecule is Cn1cc([C@@H]2c3sc(=O)[nH]c3S[C@@H]3C(=O)NC(=O)[C@H]23)c2ccccc21. The van der Waals surface area contributed by atoms with E-state index in [0.29, 0.717) is 5.03 Å². The third kappa shape index (κ3) is 2.01. The van der Waals surface area contributed by atoms with Crippen LogP contribution >= 0.6 is 23.1 Å². The van der Waals surface area contributed by atoms with Gasteiger partial charge in [0.25, 0.3) is 0 Å². The summed E-state index contributed by atoms with van der Waals surface area (Å²) in [6.45, 7) is 0. The molecular formula is C17H13N3O3S2. The van der Waals surface area contributed by atoms with Crippen LogP contribution in [0.5, 0.6) is 0 Å². The van der Waals surface area contributed by atoms with E-state index in [1.54, 1.807) is 0 Å². The number of imide groups is 1. The molecule has 1 fully saturated rings. The van der Waals surface area contributed by atoms with Crippen LogP contribution in [0.25, 0.3) is 10.9 Å². The third-order valence-corrected chi connectivity index (χ3v) is 7.34. The van der Waals surface area contributed by atoms with E-state index in [9.17, 15) is 14.4 Å². The summed E-state index contributed by atoms with van der Waals surface area (Å²) in [6, 6.07) is 7.97. The average Bonchev–Trinajstić information content (AvgIpc) is 3.21. The quantitative estimate of drug-likeness (QED) is 0.639. The first-order chi connectivity index (χ1) is 12.0. The highest BCUT2D eigenvalue weighted by Gasteiger charge is 2.52. The highest BCUT2D eigenvalue weighted by Crippen LogP contribution is 2.52. The van der Waals surface area contributed by atoms with Gasteiger partial charge in [0.15, 0.2) is 0 Å². The number of nitrogens with zero attached hydrogens (tertiary/aromatic N) is 1. The molecule has 1 aromatic carbocycles. The summed E-state index contributed by atoms with van der Waals surface area (Å²) in [5, 5.41) is 3.70. The van der Waals surface area contributed by atoms with Crippen molar-refractivity contribution in [1.82, 2.24) is 14.9 Å². The van der Waals surface area contributed by atoms with Gasteiger partial charge in [-0.15, -0.1) is 0 Å². The lowest BCUT2D eigenvalue weighted by Crippen LogP contribution is -2.31. The highest BCUT2D eigenvalue weighted by molar-refractivity contribution is 8.00. The van der Waals surface area contributed by atoms with Gasteiger partial charge in [-0.2, -0.15) is 0 Å². The van der Waals surface area contributed by atoms with E-state index >= 15 is 0 Å². The lowest BCUT2D eigenvalue weighted by Gasteiger charge is -2.29. The molecule has 2 N–H and O–H groups in total. The first-order valence-corrected chi connectivity index (χ1v) is 9.52. The molecule has 3 atom stereocenters. The van der Waals surface area contributed by atoms with Gasteiger partial charge < -0.3 is 9.55 Å². The summed E-state index contributed by atoms with van der Waals surface area (Å²) in [7, 11) is 1.96. The van der Waals surface area contributed by atoms with Crippen LogP contribution in [0.2, 0.25) is 0 Å². The van der Waals surface area contributed by atoms with Gasteiger partial charge in [0, 0.05) is 34.9 Å². The molecule has 0 saturated carbocycles. The van der Waals surface area contributed by atoms with E-state index in [1.807, 2.05) is 42.1 Å². The summed E-state index contributed by atoms with van der Waals surface area (Å²) < 4.78 is 2.02. The Kier molecular flexibility index (Phi) is 3.05. The second-order valence-electron chi connectivity index (χ2n) is 6.32. The lowest BCUT2D eigenvalue weighted by molar-refractivity contribution is -0.125. The van der Waals surface area contributed by atoms with Crippen LogP contribution < -0.4 is 10.2 Å². The van der Waals surface area contributed by atoms with Gasteiger partial charge in [0.05, 0.1) is 10.9 Å². The van der Waals surface area contributed by atoms with Gasteiger partial charge in [-0.3, -0.25) is 19.7 Å².